The standard InChI is InChI=1S/C29H46N4O5.C7H14/c1-30-16-14-26(15-17-30)31(2)18-19-33(20-21-34)28(35)27(22-24-10-6-4-7-11-24)38-32(3)29(36)37-23-25-12-8-5-9-13-25;1-7-5-3-2-4-6-7/h5,8-9,12-13,21,24,26-27H,4,6-7,10-11,14-20,22-23H2,1-3H3;7H,2-6H2,1H3. The van der Waals surface area contributed by atoms with Crippen molar-refractivity contribution >= 4 is 18.3 Å². The third kappa shape index (κ3) is 13.8. The maximum Gasteiger partial charge on any atom is 0.434 e. The van der Waals surface area contributed by atoms with E-state index in [1.165, 1.54) is 45.6 Å². The van der Waals surface area contributed by atoms with Crippen LogP contribution in [0.1, 0.15) is 96.0 Å². The molecule has 4 rings (SSSR count). The summed E-state index contributed by atoms with van der Waals surface area (Å²) in [4.78, 5) is 50.1. The number of hydroxylamine groups is 2. The summed E-state index contributed by atoms with van der Waals surface area (Å²) >= 11 is 0. The quantitative estimate of drug-likeness (QED) is 0.191. The van der Waals surface area contributed by atoms with Crippen LogP contribution in [-0.4, -0.2) is 104 Å². The van der Waals surface area contributed by atoms with E-state index in [4.69, 9.17) is 9.57 Å². The molecule has 0 spiro atoms. The molecular weight excluding hydrogens is 568 g/mol. The van der Waals surface area contributed by atoms with Crippen LogP contribution >= 0.6 is 0 Å². The number of ether oxygens (including phenoxy) is 1. The van der Waals surface area contributed by atoms with Gasteiger partial charge in [0.15, 0.2) is 6.10 Å². The van der Waals surface area contributed by atoms with Crippen LogP contribution in [0.4, 0.5) is 4.79 Å². The van der Waals surface area contributed by atoms with E-state index in [-0.39, 0.29) is 19.1 Å². The lowest BCUT2D eigenvalue weighted by Crippen LogP contribution is -2.49. The third-order valence-electron chi connectivity index (χ3n) is 9.83. The SMILES string of the molecule is CC1CCCCC1.CN1CCC(N(C)CCN(CC=O)C(=O)C(CC2CCCCC2)ON(C)C(=O)OCc2ccccc2)CC1. The van der Waals surface area contributed by atoms with Crippen LogP contribution in [0.15, 0.2) is 30.3 Å². The van der Waals surface area contributed by atoms with Gasteiger partial charge in [-0.25, -0.2) is 4.79 Å². The van der Waals surface area contributed by atoms with Crippen molar-refractivity contribution in [2.24, 2.45) is 11.8 Å². The summed E-state index contributed by atoms with van der Waals surface area (Å²) < 4.78 is 5.39. The highest BCUT2D eigenvalue weighted by molar-refractivity contribution is 5.83. The fourth-order valence-corrected chi connectivity index (χ4v) is 6.75. The van der Waals surface area contributed by atoms with Gasteiger partial charge in [0.2, 0.25) is 0 Å². The smallest absolute Gasteiger partial charge is 0.434 e. The van der Waals surface area contributed by atoms with Crippen molar-refractivity contribution in [2.75, 3.05) is 53.9 Å². The van der Waals surface area contributed by atoms with Crippen molar-refractivity contribution in [3.8, 4) is 0 Å². The highest BCUT2D eigenvalue weighted by atomic mass is 16.7. The first-order chi connectivity index (χ1) is 21.8. The number of rotatable bonds is 13. The Morgan fingerprint density at radius 3 is 2.11 bits per heavy atom. The van der Waals surface area contributed by atoms with E-state index < -0.39 is 12.2 Å². The van der Waals surface area contributed by atoms with Crippen LogP contribution in [0, 0.1) is 11.8 Å². The molecule has 0 bridgehead atoms. The zero-order valence-corrected chi connectivity index (χ0v) is 28.5. The highest BCUT2D eigenvalue weighted by Gasteiger charge is 2.32. The molecule has 2 amide bonds. The maximum atomic E-state index is 13.7. The van der Waals surface area contributed by atoms with Crippen LogP contribution in [0.2, 0.25) is 0 Å². The summed E-state index contributed by atoms with van der Waals surface area (Å²) in [5, 5.41) is 1.03. The number of carbonyl (C=O) groups is 3. The Morgan fingerprint density at radius 1 is 0.911 bits per heavy atom. The molecule has 45 heavy (non-hydrogen) atoms. The molecule has 9 nitrogen and oxygen atoms in total. The average molecular weight is 629 g/mol. The summed E-state index contributed by atoms with van der Waals surface area (Å²) in [7, 11) is 5.71. The summed E-state index contributed by atoms with van der Waals surface area (Å²) in [6.45, 7) is 5.74. The molecule has 1 aliphatic heterocycles. The predicted octanol–water partition coefficient (Wildman–Crippen LogP) is 6.17. The Labute approximate surface area is 272 Å². The van der Waals surface area contributed by atoms with Gasteiger partial charge in [0.25, 0.3) is 5.91 Å². The van der Waals surface area contributed by atoms with E-state index in [2.05, 4.69) is 30.8 Å². The van der Waals surface area contributed by atoms with Crippen LogP contribution < -0.4 is 0 Å². The summed E-state index contributed by atoms with van der Waals surface area (Å²) in [5.74, 6) is 1.14. The van der Waals surface area contributed by atoms with Crippen molar-refractivity contribution < 1.29 is 24.0 Å². The maximum absolute atomic E-state index is 13.7. The normalized spacial score (nSPS) is 19.3. The molecule has 2 aliphatic carbocycles. The molecule has 1 saturated heterocycles. The van der Waals surface area contributed by atoms with Gasteiger partial charge < -0.3 is 24.2 Å². The zero-order valence-electron chi connectivity index (χ0n) is 28.5. The third-order valence-corrected chi connectivity index (χ3v) is 9.83. The predicted molar refractivity (Wildman–Crippen MR) is 178 cm³/mol. The summed E-state index contributed by atoms with van der Waals surface area (Å²) in [6, 6.07) is 9.90. The first kappa shape index (κ1) is 37.0. The number of benzene rings is 1. The molecular formula is C36H60N4O5. The second-order valence-electron chi connectivity index (χ2n) is 13.6. The van der Waals surface area contributed by atoms with Crippen LogP contribution in [0.3, 0.4) is 0 Å². The molecule has 1 atom stereocenters. The molecule has 0 radical (unpaired) electrons. The topological polar surface area (TPSA) is 82.6 Å². The molecule has 1 aromatic carbocycles. The second-order valence-corrected chi connectivity index (χ2v) is 13.6. The first-order valence-corrected chi connectivity index (χ1v) is 17.5. The number of piperidine rings is 1. The number of amides is 2. The van der Waals surface area contributed by atoms with Gasteiger partial charge in [-0.3, -0.25) is 9.63 Å². The number of hydrogen-bond acceptors (Lipinski definition) is 7. The van der Waals surface area contributed by atoms with E-state index >= 15 is 0 Å². The zero-order chi connectivity index (χ0) is 32.4. The van der Waals surface area contributed by atoms with Gasteiger partial charge in [0.05, 0.1) is 6.54 Å². The van der Waals surface area contributed by atoms with E-state index in [1.807, 2.05) is 30.3 Å². The minimum atomic E-state index is -0.846. The lowest BCUT2D eigenvalue weighted by molar-refractivity contribution is -0.186. The highest BCUT2D eigenvalue weighted by Crippen LogP contribution is 2.29. The number of hydrogen-bond donors (Lipinski definition) is 0. The number of carbonyl (C=O) groups excluding carboxylic acids is 3. The van der Waals surface area contributed by atoms with Crippen LogP contribution in [0.5, 0.6) is 0 Å². The molecule has 2 saturated carbocycles. The second kappa shape index (κ2) is 20.6. The lowest BCUT2D eigenvalue weighted by Gasteiger charge is -2.36. The fraction of sp³-hybridized carbons (Fsp3) is 0.750. The van der Waals surface area contributed by atoms with Gasteiger partial charge in [-0.05, 0) is 63.8 Å². The number of likely N-dealkylation sites (N-methyl/N-ethyl adjacent to an activating group) is 1. The van der Waals surface area contributed by atoms with Gasteiger partial charge in [0.1, 0.15) is 12.9 Å². The molecule has 9 heteroatoms. The number of aldehydes is 1. The Morgan fingerprint density at radius 2 is 1.53 bits per heavy atom. The van der Waals surface area contributed by atoms with Crippen molar-refractivity contribution in [1.82, 2.24) is 19.8 Å². The Balaban J connectivity index is 0.000000693. The van der Waals surface area contributed by atoms with Crippen LogP contribution in [0.25, 0.3) is 0 Å². The van der Waals surface area contributed by atoms with Crippen molar-refractivity contribution in [1.29, 1.82) is 0 Å². The Kier molecular flexibility index (Phi) is 16.9. The van der Waals surface area contributed by atoms with Gasteiger partial charge in [-0.2, -0.15) is 5.06 Å². The summed E-state index contributed by atoms with van der Waals surface area (Å²) in [5.41, 5.74) is 0.870. The van der Waals surface area contributed by atoms with E-state index in [0.717, 1.165) is 74.4 Å². The first-order valence-electron chi connectivity index (χ1n) is 17.5. The summed E-state index contributed by atoms with van der Waals surface area (Å²) in [6.07, 6.45) is 15.0. The minimum Gasteiger partial charge on any atom is -0.443 e. The monoisotopic (exact) mass is 628 g/mol. The largest absolute Gasteiger partial charge is 0.443 e. The molecule has 254 valence electrons. The Hall–Kier alpha value is -2.49. The van der Waals surface area contributed by atoms with Gasteiger partial charge in [-0.1, -0.05) is 101 Å². The molecule has 1 heterocycles. The minimum absolute atomic E-state index is 0.00672. The number of nitrogens with zero attached hydrogens (tertiary/aromatic N) is 4. The van der Waals surface area contributed by atoms with Gasteiger partial charge in [-0.15, -0.1) is 0 Å². The van der Waals surface area contributed by atoms with Crippen molar-refractivity contribution in [2.45, 2.75) is 109 Å². The Bertz CT molecular complexity index is 975. The van der Waals surface area contributed by atoms with Crippen molar-refractivity contribution in [3.05, 3.63) is 35.9 Å². The van der Waals surface area contributed by atoms with Gasteiger partial charge in [0, 0.05) is 26.2 Å². The molecule has 3 fully saturated rings. The van der Waals surface area contributed by atoms with Crippen molar-refractivity contribution in [3.63, 3.8) is 0 Å². The molecule has 1 aromatic rings. The number of likely N-dealkylation sites (tertiary alicyclic amines) is 1. The van der Waals surface area contributed by atoms with Gasteiger partial charge >= 0.3 is 6.09 Å². The van der Waals surface area contributed by atoms with E-state index in [9.17, 15) is 14.4 Å². The van der Waals surface area contributed by atoms with E-state index in [1.54, 1.807) is 4.90 Å². The molecule has 1 unspecified atom stereocenters. The fourth-order valence-electron chi connectivity index (χ4n) is 6.75. The molecule has 0 N–H and O–H groups in total. The lowest BCUT2D eigenvalue weighted by atomic mass is 9.85. The van der Waals surface area contributed by atoms with E-state index in [0.29, 0.717) is 31.5 Å². The average Bonchev–Trinajstić information content (AvgIpc) is 3.06. The van der Waals surface area contributed by atoms with Crippen LogP contribution in [-0.2, 0) is 25.8 Å². The molecule has 0 aromatic heterocycles. The molecule has 3 aliphatic rings.